The molecule has 2 saturated heterocycles. The van der Waals surface area contributed by atoms with E-state index < -0.39 is 20.0 Å². The van der Waals surface area contributed by atoms with Gasteiger partial charge in [0.1, 0.15) is 0 Å². The number of carbonyl (C=O) groups is 1. The SMILES string of the molecule is Cc1ccccc1CS(=O)(=O)N1CCC(C(=O)Nc2ccc(S(=O)(=O)N3CCCCCC3)cc2)CC1. The molecule has 2 aromatic rings. The van der Waals surface area contributed by atoms with Crippen molar-refractivity contribution in [3.63, 3.8) is 0 Å². The molecule has 0 spiro atoms. The molecule has 196 valence electrons. The Morgan fingerprint density at radius 2 is 1.44 bits per heavy atom. The zero-order valence-electron chi connectivity index (χ0n) is 20.7. The fourth-order valence-corrected chi connectivity index (χ4v) is 8.03. The van der Waals surface area contributed by atoms with E-state index in [1.165, 1.54) is 16.4 Å². The van der Waals surface area contributed by atoms with Crippen LogP contribution in [-0.2, 0) is 30.6 Å². The van der Waals surface area contributed by atoms with Crippen LogP contribution in [0.15, 0.2) is 53.4 Å². The van der Waals surface area contributed by atoms with Crippen LogP contribution in [0.2, 0.25) is 0 Å². The van der Waals surface area contributed by atoms with Crippen molar-refractivity contribution >= 4 is 31.6 Å². The van der Waals surface area contributed by atoms with Gasteiger partial charge in [-0.3, -0.25) is 4.79 Å². The van der Waals surface area contributed by atoms with Gasteiger partial charge in [0.2, 0.25) is 26.0 Å². The molecule has 0 radical (unpaired) electrons. The summed E-state index contributed by atoms with van der Waals surface area (Å²) in [6.07, 6.45) is 4.74. The first-order valence-corrected chi connectivity index (χ1v) is 15.7. The van der Waals surface area contributed by atoms with Crippen LogP contribution < -0.4 is 5.32 Å². The van der Waals surface area contributed by atoms with Crippen molar-refractivity contribution < 1.29 is 21.6 Å². The Morgan fingerprint density at radius 1 is 0.833 bits per heavy atom. The lowest BCUT2D eigenvalue weighted by Crippen LogP contribution is -2.42. The second-order valence-corrected chi connectivity index (χ2v) is 13.6. The number of hydrogen-bond donors (Lipinski definition) is 1. The van der Waals surface area contributed by atoms with Crippen LogP contribution in [0, 0.1) is 12.8 Å². The molecule has 0 bridgehead atoms. The Bertz CT molecular complexity index is 1260. The number of nitrogens with one attached hydrogen (secondary N) is 1. The summed E-state index contributed by atoms with van der Waals surface area (Å²) in [5.41, 5.74) is 2.27. The maximum absolute atomic E-state index is 13.0. The van der Waals surface area contributed by atoms with Crippen LogP contribution in [0.25, 0.3) is 0 Å². The summed E-state index contributed by atoms with van der Waals surface area (Å²) in [4.78, 5) is 13.1. The highest BCUT2D eigenvalue weighted by Crippen LogP contribution is 2.25. The lowest BCUT2D eigenvalue weighted by molar-refractivity contribution is -0.120. The van der Waals surface area contributed by atoms with E-state index in [1.54, 1.807) is 16.4 Å². The number of sulfonamides is 2. The number of nitrogens with zero attached hydrogens (tertiary/aromatic N) is 2. The number of hydrogen-bond acceptors (Lipinski definition) is 5. The first kappa shape index (κ1) is 26.8. The number of amides is 1. The van der Waals surface area contributed by atoms with Crippen LogP contribution in [-0.4, -0.2) is 57.5 Å². The van der Waals surface area contributed by atoms with Crippen molar-refractivity contribution in [1.29, 1.82) is 0 Å². The Morgan fingerprint density at radius 3 is 2.06 bits per heavy atom. The molecule has 8 nitrogen and oxygen atoms in total. The highest BCUT2D eigenvalue weighted by atomic mass is 32.2. The van der Waals surface area contributed by atoms with Crippen molar-refractivity contribution in [2.45, 2.75) is 56.1 Å². The van der Waals surface area contributed by atoms with Crippen molar-refractivity contribution in [3.05, 3.63) is 59.7 Å². The highest BCUT2D eigenvalue weighted by molar-refractivity contribution is 7.89. The second-order valence-electron chi connectivity index (χ2n) is 9.69. The van der Waals surface area contributed by atoms with Crippen molar-refractivity contribution in [1.82, 2.24) is 8.61 Å². The third-order valence-corrected chi connectivity index (χ3v) is 10.9. The molecule has 1 amide bonds. The molecule has 2 aliphatic rings. The van der Waals surface area contributed by atoms with Crippen LogP contribution in [0.5, 0.6) is 0 Å². The van der Waals surface area contributed by atoms with Gasteiger partial charge in [0.25, 0.3) is 0 Å². The Labute approximate surface area is 214 Å². The molecular weight excluding hydrogens is 498 g/mol. The summed E-state index contributed by atoms with van der Waals surface area (Å²) in [6, 6.07) is 13.8. The van der Waals surface area contributed by atoms with E-state index in [1.807, 2.05) is 31.2 Å². The van der Waals surface area contributed by atoms with Gasteiger partial charge in [-0.25, -0.2) is 21.1 Å². The van der Waals surface area contributed by atoms with E-state index in [9.17, 15) is 21.6 Å². The Balaban J connectivity index is 1.31. The molecule has 10 heteroatoms. The first-order chi connectivity index (χ1) is 17.2. The molecular formula is C26H35N3O5S2. The van der Waals surface area contributed by atoms with Crippen molar-refractivity contribution in [2.24, 2.45) is 5.92 Å². The predicted molar refractivity (Wildman–Crippen MR) is 140 cm³/mol. The molecule has 0 unspecified atom stereocenters. The fourth-order valence-electron chi connectivity index (χ4n) is 4.84. The highest BCUT2D eigenvalue weighted by Gasteiger charge is 2.31. The molecule has 2 fully saturated rings. The van der Waals surface area contributed by atoms with Crippen molar-refractivity contribution in [2.75, 3.05) is 31.5 Å². The van der Waals surface area contributed by atoms with Crippen LogP contribution in [0.4, 0.5) is 5.69 Å². The van der Waals surface area contributed by atoms with Gasteiger partial charge in [-0.15, -0.1) is 0 Å². The minimum absolute atomic E-state index is 0.0385. The number of aryl methyl sites for hydroxylation is 1. The third kappa shape index (κ3) is 6.34. The fraction of sp³-hybridized carbons (Fsp3) is 0.500. The minimum Gasteiger partial charge on any atom is -0.326 e. The van der Waals surface area contributed by atoms with Gasteiger partial charge >= 0.3 is 0 Å². The Kier molecular flexibility index (Phi) is 8.49. The normalized spacial score (nSPS) is 19.0. The number of anilines is 1. The molecule has 0 atom stereocenters. The third-order valence-electron chi connectivity index (χ3n) is 7.14. The van der Waals surface area contributed by atoms with E-state index in [0.717, 1.165) is 36.8 Å². The lowest BCUT2D eigenvalue weighted by atomic mass is 9.97. The molecule has 36 heavy (non-hydrogen) atoms. The van der Waals surface area contributed by atoms with Gasteiger partial charge in [0.05, 0.1) is 10.6 Å². The number of carbonyl (C=O) groups excluding carboxylic acids is 1. The van der Waals surface area contributed by atoms with Gasteiger partial charge in [-0.2, -0.15) is 4.31 Å². The molecule has 0 aliphatic carbocycles. The topological polar surface area (TPSA) is 104 Å². The summed E-state index contributed by atoms with van der Waals surface area (Å²) in [7, 11) is -7.00. The number of rotatable bonds is 7. The van der Waals surface area contributed by atoms with Gasteiger partial charge in [-0.1, -0.05) is 37.1 Å². The number of piperidine rings is 1. The molecule has 1 N–H and O–H groups in total. The standard InChI is InChI=1S/C26H35N3O5S2/c1-21-8-4-5-9-23(21)20-35(31,32)28-18-14-22(15-19-28)26(30)27-24-10-12-25(13-11-24)36(33,34)29-16-6-2-3-7-17-29/h4-5,8-13,22H,2-3,6-7,14-20H2,1H3,(H,27,30). The maximum Gasteiger partial charge on any atom is 0.243 e. The smallest absolute Gasteiger partial charge is 0.243 e. The molecule has 0 saturated carbocycles. The van der Waals surface area contributed by atoms with Crippen LogP contribution in [0.1, 0.15) is 49.7 Å². The molecule has 0 aromatic heterocycles. The summed E-state index contributed by atoms with van der Waals surface area (Å²) in [6.45, 7) is 3.59. The minimum atomic E-state index is -3.54. The lowest BCUT2D eigenvalue weighted by Gasteiger charge is -2.30. The summed E-state index contributed by atoms with van der Waals surface area (Å²) >= 11 is 0. The average Bonchev–Trinajstić information content (AvgIpc) is 3.16. The zero-order chi connectivity index (χ0) is 25.8. The van der Waals surface area contributed by atoms with Gasteiger partial charge in [0, 0.05) is 37.8 Å². The maximum atomic E-state index is 13.0. The molecule has 4 rings (SSSR count). The van der Waals surface area contributed by atoms with E-state index in [4.69, 9.17) is 0 Å². The molecule has 2 aromatic carbocycles. The van der Waals surface area contributed by atoms with Gasteiger partial charge in [-0.05, 0) is 68.0 Å². The summed E-state index contributed by atoms with van der Waals surface area (Å²) in [5.74, 6) is -0.507. The largest absolute Gasteiger partial charge is 0.326 e. The first-order valence-electron chi connectivity index (χ1n) is 12.6. The van der Waals surface area contributed by atoms with Crippen LogP contribution in [0.3, 0.4) is 0 Å². The molecule has 2 aliphatic heterocycles. The quantitative estimate of drug-likeness (QED) is 0.584. The van der Waals surface area contributed by atoms with E-state index in [-0.39, 0.29) is 22.5 Å². The summed E-state index contributed by atoms with van der Waals surface area (Å²) in [5, 5.41) is 2.87. The van der Waals surface area contributed by atoms with E-state index >= 15 is 0 Å². The van der Waals surface area contributed by atoms with Gasteiger partial charge in [0.15, 0.2) is 0 Å². The second kappa shape index (κ2) is 11.4. The predicted octanol–water partition coefficient (Wildman–Crippen LogP) is 3.74. The van der Waals surface area contributed by atoms with E-state index in [2.05, 4.69) is 5.32 Å². The average molecular weight is 534 g/mol. The summed E-state index contributed by atoms with van der Waals surface area (Å²) < 4.78 is 54.7. The zero-order valence-corrected chi connectivity index (χ0v) is 22.4. The molecule has 2 heterocycles. The Hall–Kier alpha value is -2.27. The number of benzene rings is 2. The van der Waals surface area contributed by atoms with Crippen LogP contribution >= 0.6 is 0 Å². The van der Waals surface area contributed by atoms with Gasteiger partial charge < -0.3 is 5.32 Å². The monoisotopic (exact) mass is 533 g/mol. The van der Waals surface area contributed by atoms with E-state index in [0.29, 0.717) is 44.7 Å². The van der Waals surface area contributed by atoms with Crippen molar-refractivity contribution in [3.8, 4) is 0 Å².